The smallest absolute Gasteiger partial charge is 0.433 e. The zero-order chi connectivity index (χ0) is 27.0. The first kappa shape index (κ1) is 26.4. The third-order valence-electron chi connectivity index (χ3n) is 6.68. The standard InChI is InChI=1S/C25H23F5N4O3/c1-23(21(35)36)5-7-24(37,8-6-23)18-3-2-14(13-32-18)15-10-16(20(26)27)12-17(11-15)33-22-31-9-4-19(34-22)25(28,29)30/h2-4,9-13,20,37H,5-8H2,1H3,(H,35,36)(H,31,33,34)/t23-,24+. The Morgan fingerprint density at radius 2 is 1.73 bits per heavy atom. The number of rotatable bonds is 6. The molecule has 4 rings (SSSR count). The maximum absolute atomic E-state index is 13.6. The molecule has 196 valence electrons. The minimum Gasteiger partial charge on any atom is -0.481 e. The van der Waals surface area contributed by atoms with Crippen LogP contribution in [0.1, 0.15) is 56.0 Å². The molecule has 0 unspecified atom stereocenters. The van der Waals surface area contributed by atoms with Crippen LogP contribution in [0.3, 0.4) is 0 Å². The fraction of sp³-hybridized carbons (Fsp3) is 0.360. The van der Waals surface area contributed by atoms with Gasteiger partial charge in [-0.15, -0.1) is 0 Å². The zero-order valence-electron chi connectivity index (χ0n) is 19.6. The first-order chi connectivity index (χ1) is 17.3. The second-order valence-electron chi connectivity index (χ2n) is 9.36. The average molecular weight is 522 g/mol. The van der Waals surface area contributed by atoms with Gasteiger partial charge in [0.05, 0.1) is 11.1 Å². The minimum absolute atomic E-state index is 0.0510. The topological polar surface area (TPSA) is 108 Å². The predicted octanol–water partition coefficient (Wildman–Crippen LogP) is 6.09. The van der Waals surface area contributed by atoms with E-state index in [4.69, 9.17) is 0 Å². The van der Waals surface area contributed by atoms with Crippen LogP contribution in [0.2, 0.25) is 0 Å². The Balaban J connectivity index is 1.60. The zero-order valence-corrected chi connectivity index (χ0v) is 19.6. The van der Waals surface area contributed by atoms with Gasteiger partial charge in [-0.2, -0.15) is 13.2 Å². The van der Waals surface area contributed by atoms with Crippen molar-refractivity contribution in [3.8, 4) is 11.1 Å². The van der Waals surface area contributed by atoms with Crippen molar-refractivity contribution in [1.29, 1.82) is 0 Å². The first-order valence-corrected chi connectivity index (χ1v) is 11.3. The van der Waals surface area contributed by atoms with E-state index in [-0.39, 0.29) is 36.9 Å². The van der Waals surface area contributed by atoms with E-state index in [9.17, 15) is 37.0 Å². The van der Waals surface area contributed by atoms with Crippen LogP contribution in [-0.4, -0.2) is 31.1 Å². The molecule has 37 heavy (non-hydrogen) atoms. The summed E-state index contributed by atoms with van der Waals surface area (Å²) in [6.07, 6.45) is -4.31. The van der Waals surface area contributed by atoms with E-state index in [0.29, 0.717) is 22.9 Å². The monoisotopic (exact) mass is 522 g/mol. The van der Waals surface area contributed by atoms with Gasteiger partial charge in [0.25, 0.3) is 6.43 Å². The number of hydrogen-bond donors (Lipinski definition) is 3. The summed E-state index contributed by atoms with van der Waals surface area (Å²) in [7, 11) is 0. The first-order valence-electron chi connectivity index (χ1n) is 11.3. The molecule has 3 aromatic rings. The highest BCUT2D eigenvalue weighted by Gasteiger charge is 2.44. The van der Waals surface area contributed by atoms with Gasteiger partial charge in [0.1, 0.15) is 11.3 Å². The number of pyridine rings is 1. The van der Waals surface area contributed by atoms with E-state index in [1.54, 1.807) is 19.1 Å². The van der Waals surface area contributed by atoms with Crippen LogP contribution >= 0.6 is 0 Å². The Labute approximate surface area is 208 Å². The average Bonchev–Trinajstić information content (AvgIpc) is 2.85. The van der Waals surface area contributed by atoms with E-state index in [1.807, 2.05) is 0 Å². The number of aliphatic hydroxyl groups is 1. The number of nitrogens with zero attached hydrogens (tertiary/aromatic N) is 3. The fourth-order valence-electron chi connectivity index (χ4n) is 4.25. The van der Waals surface area contributed by atoms with Crippen LogP contribution in [-0.2, 0) is 16.6 Å². The number of benzene rings is 1. The Bertz CT molecular complexity index is 1290. The van der Waals surface area contributed by atoms with Gasteiger partial charge in [-0.3, -0.25) is 9.78 Å². The second kappa shape index (κ2) is 9.66. The van der Waals surface area contributed by atoms with E-state index in [2.05, 4.69) is 20.3 Å². The summed E-state index contributed by atoms with van der Waals surface area (Å²) in [6, 6.07) is 7.59. The summed E-state index contributed by atoms with van der Waals surface area (Å²) in [5.41, 5.74) is -2.68. The Kier molecular flexibility index (Phi) is 6.89. The Morgan fingerprint density at radius 1 is 1.03 bits per heavy atom. The molecule has 0 saturated heterocycles. The molecule has 1 fully saturated rings. The number of nitrogens with one attached hydrogen (secondary N) is 1. The summed E-state index contributed by atoms with van der Waals surface area (Å²) in [6.45, 7) is 1.64. The number of carbonyl (C=O) groups is 1. The number of aromatic nitrogens is 3. The van der Waals surface area contributed by atoms with Crippen LogP contribution in [0.25, 0.3) is 11.1 Å². The van der Waals surface area contributed by atoms with E-state index >= 15 is 0 Å². The van der Waals surface area contributed by atoms with Crippen LogP contribution < -0.4 is 5.32 Å². The van der Waals surface area contributed by atoms with Gasteiger partial charge in [-0.05, 0) is 68.5 Å². The lowest BCUT2D eigenvalue weighted by atomic mass is 9.69. The van der Waals surface area contributed by atoms with Crippen molar-refractivity contribution >= 4 is 17.6 Å². The molecule has 0 aliphatic heterocycles. The number of aliphatic carboxylic acids is 1. The highest BCUT2D eigenvalue weighted by molar-refractivity contribution is 5.74. The van der Waals surface area contributed by atoms with Gasteiger partial charge in [0.2, 0.25) is 5.95 Å². The molecule has 0 bridgehead atoms. The van der Waals surface area contributed by atoms with Crippen molar-refractivity contribution in [2.45, 2.75) is 50.8 Å². The fourth-order valence-corrected chi connectivity index (χ4v) is 4.25. The van der Waals surface area contributed by atoms with Crippen molar-refractivity contribution in [2.24, 2.45) is 5.41 Å². The molecule has 2 aromatic heterocycles. The Morgan fingerprint density at radius 3 is 2.30 bits per heavy atom. The molecule has 1 aliphatic carbocycles. The lowest BCUT2D eigenvalue weighted by Gasteiger charge is -2.39. The molecule has 1 saturated carbocycles. The van der Waals surface area contributed by atoms with Gasteiger partial charge >= 0.3 is 12.1 Å². The van der Waals surface area contributed by atoms with Crippen molar-refractivity contribution in [3.05, 3.63) is 65.7 Å². The second-order valence-corrected chi connectivity index (χ2v) is 9.36. The lowest BCUT2D eigenvalue weighted by Crippen LogP contribution is -2.40. The third-order valence-corrected chi connectivity index (χ3v) is 6.68. The van der Waals surface area contributed by atoms with Crippen LogP contribution in [0.4, 0.5) is 33.6 Å². The van der Waals surface area contributed by atoms with Gasteiger partial charge in [0.15, 0.2) is 0 Å². The normalized spacial score (nSPS) is 22.2. The maximum atomic E-state index is 13.6. The molecular formula is C25H23F5N4O3. The molecule has 1 aromatic carbocycles. The van der Waals surface area contributed by atoms with Crippen molar-refractivity contribution in [1.82, 2.24) is 15.0 Å². The van der Waals surface area contributed by atoms with E-state index in [1.165, 1.54) is 18.3 Å². The van der Waals surface area contributed by atoms with Crippen molar-refractivity contribution < 1.29 is 37.0 Å². The van der Waals surface area contributed by atoms with Gasteiger partial charge in [-0.1, -0.05) is 6.07 Å². The molecular weight excluding hydrogens is 499 g/mol. The van der Waals surface area contributed by atoms with Crippen LogP contribution in [0, 0.1) is 5.41 Å². The van der Waals surface area contributed by atoms with Crippen LogP contribution in [0.5, 0.6) is 0 Å². The highest BCUT2D eigenvalue weighted by atomic mass is 19.4. The maximum Gasteiger partial charge on any atom is 0.433 e. The molecule has 3 N–H and O–H groups in total. The molecule has 0 radical (unpaired) electrons. The summed E-state index contributed by atoms with van der Waals surface area (Å²) in [5.74, 6) is -1.33. The Hall–Kier alpha value is -3.67. The molecule has 12 heteroatoms. The molecule has 2 heterocycles. The lowest BCUT2D eigenvalue weighted by molar-refractivity contribution is -0.153. The summed E-state index contributed by atoms with van der Waals surface area (Å²) in [4.78, 5) is 22.9. The third kappa shape index (κ3) is 5.68. The van der Waals surface area contributed by atoms with E-state index in [0.717, 1.165) is 12.3 Å². The number of carboxylic acid groups (broad SMARTS) is 1. The molecule has 1 aliphatic rings. The van der Waals surface area contributed by atoms with E-state index < -0.39 is 41.2 Å². The quantitative estimate of drug-likeness (QED) is 0.336. The number of alkyl halides is 5. The largest absolute Gasteiger partial charge is 0.481 e. The summed E-state index contributed by atoms with van der Waals surface area (Å²) < 4.78 is 66.0. The highest BCUT2D eigenvalue weighted by Crippen LogP contribution is 2.45. The number of halogens is 5. The molecule has 0 amide bonds. The number of carboxylic acids is 1. The molecule has 7 nitrogen and oxygen atoms in total. The molecule has 0 spiro atoms. The van der Waals surface area contributed by atoms with Crippen molar-refractivity contribution in [2.75, 3.05) is 5.32 Å². The van der Waals surface area contributed by atoms with Crippen molar-refractivity contribution in [3.63, 3.8) is 0 Å². The van der Waals surface area contributed by atoms with Gasteiger partial charge in [-0.25, -0.2) is 18.7 Å². The van der Waals surface area contributed by atoms with Gasteiger partial charge in [0, 0.05) is 29.2 Å². The summed E-state index contributed by atoms with van der Waals surface area (Å²) >= 11 is 0. The predicted molar refractivity (Wildman–Crippen MR) is 123 cm³/mol. The van der Waals surface area contributed by atoms with Gasteiger partial charge < -0.3 is 15.5 Å². The van der Waals surface area contributed by atoms with Crippen LogP contribution in [0.15, 0.2) is 48.8 Å². The SMILES string of the molecule is C[C@]1(C(=O)O)CC[C@](O)(c2ccc(-c3cc(Nc4nccc(C(F)(F)F)n4)cc(C(F)F)c3)cn2)CC1. The number of anilines is 2. The minimum atomic E-state index is -4.70. The summed E-state index contributed by atoms with van der Waals surface area (Å²) in [5, 5.41) is 23.0. The number of hydrogen-bond acceptors (Lipinski definition) is 6. The molecule has 0 atom stereocenters.